The third kappa shape index (κ3) is 5.75. The molecular weight excluding hydrogens is 491 g/mol. The Hall–Kier alpha value is -2.10. The molecule has 1 aliphatic heterocycles. The molecule has 1 saturated heterocycles. The summed E-state index contributed by atoms with van der Waals surface area (Å²) in [5.74, 6) is -0.411. The number of hydrogen-bond donors (Lipinski definition) is 1. The number of alkyl halides is 3. The summed E-state index contributed by atoms with van der Waals surface area (Å²) >= 11 is 5.95. The van der Waals surface area contributed by atoms with Crippen LogP contribution < -0.4 is 5.32 Å². The van der Waals surface area contributed by atoms with E-state index in [1.54, 1.807) is 12.1 Å². The fourth-order valence-corrected chi connectivity index (χ4v) is 6.26. The van der Waals surface area contributed by atoms with Gasteiger partial charge in [-0.1, -0.05) is 29.8 Å². The summed E-state index contributed by atoms with van der Waals surface area (Å²) in [7, 11) is -3.39. The van der Waals surface area contributed by atoms with E-state index in [-0.39, 0.29) is 28.0 Å². The number of sulfone groups is 1. The Morgan fingerprint density at radius 2 is 1.71 bits per heavy atom. The van der Waals surface area contributed by atoms with Crippen LogP contribution in [0.25, 0.3) is 0 Å². The van der Waals surface area contributed by atoms with Crippen molar-refractivity contribution in [1.29, 1.82) is 0 Å². The van der Waals surface area contributed by atoms with Gasteiger partial charge >= 0.3 is 6.18 Å². The lowest BCUT2D eigenvalue weighted by atomic mass is 9.87. The Morgan fingerprint density at radius 3 is 2.29 bits per heavy atom. The van der Waals surface area contributed by atoms with Crippen molar-refractivity contribution in [3.8, 4) is 0 Å². The molecule has 2 aromatic carbocycles. The molecule has 2 aliphatic rings. The number of rotatable bonds is 7. The van der Waals surface area contributed by atoms with Gasteiger partial charge in [0.05, 0.1) is 32.8 Å². The van der Waals surface area contributed by atoms with E-state index in [2.05, 4.69) is 5.32 Å². The van der Waals surface area contributed by atoms with E-state index in [1.165, 1.54) is 18.2 Å². The van der Waals surface area contributed by atoms with Gasteiger partial charge < -0.3 is 10.1 Å². The molecule has 2 fully saturated rings. The summed E-state index contributed by atoms with van der Waals surface area (Å²) in [6.07, 6.45) is -1.55. The molecule has 5 nitrogen and oxygen atoms in total. The van der Waals surface area contributed by atoms with Crippen molar-refractivity contribution >= 4 is 27.3 Å². The van der Waals surface area contributed by atoms with Crippen molar-refractivity contribution in [1.82, 2.24) is 5.32 Å². The second-order valence-electron chi connectivity index (χ2n) is 8.86. The highest BCUT2D eigenvalue weighted by molar-refractivity contribution is 7.91. The zero-order valence-corrected chi connectivity index (χ0v) is 19.8. The first-order chi connectivity index (χ1) is 16.1. The normalized spacial score (nSPS) is 18.5. The highest BCUT2D eigenvalue weighted by Gasteiger charge is 2.36. The predicted molar refractivity (Wildman–Crippen MR) is 121 cm³/mol. The number of hydrogen-bond acceptors (Lipinski definition) is 4. The maximum absolute atomic E-state index is 13.2. The molecule has 0 spiro atoms. The Balaban J connectivity index is 1.60. The molecule has 0 aromatic heterocycles. The maximum atomic E-state index is 13.2. The van der Waals surface area contributed by atoms with Crippen LogP contribution in [0, 0.1) is 11.8 Å². The standard InChI is InChI=1S/C24H25ClF3NO4S/c25-21-19(2-1-3-20(21)24(26,27)28)23(30)29-22(17-10-12-33-13-11-17)16-6-8-18(9-7-16)34(31,32)14-15-4-5-15/h1-3,6-9,15,17,22H,4-5,10-14H2,(H,29,30). The Morgan fingerprint density at radius 1 is 1.06 bits per heavy atom. The van der Waals surface area contributed by atoms with Crippen molar-refractivity contribution < 1.29 is 31.1 Å². The van der Waals surface area contributed by atoms with Crippen LogP contribution in [0.1, 0.15) is 53.2 Å². The number of amides is 1. The van der Waals surface area contributed by atoms with E-state index >= 15 is 0 Å². The summed E-state index contributed by atoms with van der Waals surface area (Å²) in [6, 6.07) is 9.07. The van der Waals surface area contributed by atoms with Gasteiger partial charge in [-0.15, -0.1) is 0 Å². The van der Waals surface area contributed by atoms with Crippen molar-refractivity contribution in [3.05, 3.63) is 64.2 Å². The van der Waals surface area contributed by atoms with Crippen LogP contribution in [0.2, 0.25) is 5.02 Å². The van der Waals surface area contributed by atoms with Crippen molar-refractivity contribution in [3.63, 3.8) is 0 Å². The molecule has 1 amide bonds. The predicted octanol–water partition coefficient (Wildman–Crippen LogP) is 5.44. The molecule has 1 saturated carbocycles. The minimum absolute atomic E-state index is 0.0313. The minimum atomic E-state index is -4.69. The van der Waals surface area contributed by atoms with Gasteiger partial charge in [-0.25, -0.2) is 8.42 Å². The molecule has 1 aliphatic carbocycles. The number of benzene rings is 2. The fourth-order valence-electron chi connectivity index (χ4n) is 4.24. The van der Waals surface area contributed by atoms with Gasteiger partial charge in [0.2, 0.25) is 0 Å². The van der Waals surface area contributed by atoms with Crippen LogP contribution >= 0.6 is 11.6 Å². The smallest absolute Gasteiger partial charge is 0.381 e. The van der Waals surface area contributed by atoms with Gasteiger partial charge in [0, 0.05) is 13.2 Å². The summed E-state index contributed by atoms with van der Waals surface area (Å²) in [5.41, 5.74) is -0.666. The number of nitrogens with one attached hydrogen (secondary N) is 1. The van der Waals surface area contributed by atoms with E-state index in [4.69, 9.17) is 16.3 Å². The van der Waals surface area contributed by atoms with Crippen molar-refractivity contribution in [2.45, 2.75) is 42.8 Å². The number of ether oxygens (including phenoxy) is 1. The average molecular weight is 516 g/mol. The van der Waals surface area contributed by atoms with E-state index in [0.717, 1.165) is 25.0 Å². The van der Waals surface area contributed by atoms with Gasteiger partial charge in [-0.3, -0.25) is 4.79 Å². The van der Waals surface area contributed by atoms with Gasteiger partial charge in [-0.05, 0) is 67.3 Å². The molecule has 0 radical (unpaired) electrons. The topological polar surface area (TPSA) is 72.5 Å². The first-order valence-corrected chi connectivity index (χ1v) is 13.2. The van der Waals surface area contributed by atoms with Gasteiger partial charge in [-0.2, -0.15) is 13.2 Å². The molecular formula is C24H25ClF3NO4S. The fraction of sp³-hybridized carbons (Fsp3) is 0.458. The highest BCUT2D eigenvalue weighted by Crippen LogP contribution is 2.37. The zero-order valence-electron chi connectivity index (χ0n) is 18.3. The van der Waals surface area contributed by atoms with Crippen LogP contribution in [0.4, 0.5) is 13.2 Å². The van der Waals surface area contributed by atoms with E-state index in [9.17, 15) is 26.4 Å². The molecule has 1 heterocycles. The van der Waals surface area contributed by atoms with Crippen LogP contribution in [-0.4, -0.2) is 33.3 Å². The minimum Gasteiger partial charge on any atom is -0.381 e. The van der Waals surface area contributed by atoms with E-state index in [0.29, 0.717) is 31.6 Å². The Kier molecular flexibility index (Phi) is 7.26. The summed E-state index contributed by atoms with van der Waals surface area (Å²) < 4.78 is 70.3. The monoisotopic (exact) mass is 515 g/mol. The lowest BCUT2D eigenvalue weighted by molar-refractivity contribution is -0.137. The summed E-state index contributed by atoms with van der Waals surface area (Å²) in [5, 5.41) is 2.19. The number of halogens is 4. The average Bonchev–Trinajstić information content (AvgIpc) is 3.60. The molecule has 184 valence electrons. The van der Waals surface area contributed by atoms with Crippen molar-refractivity contribution in [2.24, 2.45) is 11.8 Å². The number of carbonyl (C=O) groups excluding carboxylic acids is 1. The third-order valence-corrected chi connectivity index (χ3v) is 8.63. The molecule has 34 heavy (non-hydrogen) atoms. The zero-order chi connectivity index (χ0) is 24.5. The van der Waals surface area contributed by atoms with Crippen LogP contribution in [0.3, 0.4) is 0 Å². The summed E-state index contributed by atoms with van der Waals surface area (Å²) in [4.78, 5) is 13.3. The Labute approximate surface area is 201 Å². The second-order valence-corrected chi connectivity index (χ2v) is 11.3. The Bertz CT molecular complexity index is 1140. The lowest BCUT2D eigenvalue weighted by Crippen LogP contribution is -2.36. The molecule has 1 unspecified atom stereocenters. The molecule has 1 N–H and O–H groups in total. The quantitative estimate of drug-likeness (QED) is 0.533. The maximum Gasteiger partial charge on any atom is 0.417 e. The van der Waals surface area contributed by atoms with Crippen LogP contribution in [0.15, 0.2) is 47.4 Å². The van der Waals surface area contributed by atoms with Crippen molar-refractivity contribution in [2.75, 3.05) is 19.0 Å². The van der Waals surface area contributed by atoms with Crippen LogP contribution in [0.5, 0.6) is 0 Å². The first-order valence-electron chi connectivity index (χ1n) is 11.1. The van der Waals surface area contributed by atoms with Gasteiger partial charge in [0.15, 0.2) is 9.84 Å². The second kappa shape index (κ2) is 9.87. The first kappa shape index (κ1) is 25.0. The summed E-state index contributed by atoms with van der Waals surface area (Å²) in [6.45, 7) is 0.990. The largest absolute Gasteiger partial charge is 0.417 e. The lowest BCUT2D eigenvalue weighted by Gasteiger charge is -2.31. The SMILES string of the molecule is O=C(NC(c1ccc(S(=O)(=O)CC2CC2)cc1)C1CCOCC1)c1cccc(C(F)(F)F)c1Cl. The third-order valence-electron chi connectivity index (χ3n) is 6.32. The molecule has 10 heteroatoms. The highest BCUT2D eigenvalue weighted by atomic mass is 35.5. The molecule has 1 atom stereocenters. The molecule has 0 bridgehead atoms. The molecule has 4 rings (SSSR count). The molecule has 2 aromatic rings. The van der Waals surface area contributed by atoms with E-state index in [1.807, 2.05) is 0 Å². The van der Waals surface area contributed by atoms with Gasteiger partial charge in [0.25, 0.3) is 5.91 Å². The van der Waals surface area contributed by atoms with Crippen LogP contribution in [-0.2, 0) is 20.8 Å². The van der Waals surface area contributed by atoms with E-state index < -0.39 is 38.5 Å². The van der Waals surface area contributed by atoms with Gasteiger partial charge in [0.1, 0.15) is 0 Å². The number of carbonyl (C=O) groups is 1.